The maximum Gasteiger partial charge on any atom is 0.281 e. The number of nitrogens with zero attached hydrogens (tertiary/aromatic N) is 3. The lowest BCUT2D eigenvalue weighted by atomic mass is 10.1. The molecular weight excluding hydrogens is 418 g/mol. The van der Waals surface area contributed by atoms with Crippen molar-refractivity contribution in [2.45, 2.75) is 27.3 Å². The van der Waals surface area contributed by atoms with Crippen LogP contribution in [0.1, 0.15) is 18.3 Å². The number of aromatic amines is 1. The molecule has 1 unspecified atom stereocenters. The Morgan fingerprint density at radius 2 is 2.08 bits per heavy atom. The van der Waals surface area contributed by atoms with Gasteiger partial charge in [-0.3, -0.25) is 19.7 Å². The number of hydrogen-bond donors (Lipinski definition) is 2. The van der Waals surface area contributed by atoms with E-state index in [0.29, 0.717) is 17.4 Å². The van der Waals surface area contributed by atoms with Crippen LogP contribution in [-0.2, 0) is 11.3 Å². The van der Waals surface area contributed by atoms with Crippen molar-refractivity contribution < 1.29 is 4.79 Å². The van der Waals surface area contributed by atoms with Crippen molar-refractivity contribution in [3.05, 3.63) is 55.3 Å². The lowest BCUT2D eigenvalue weighted by Crippen LogP contribution is -2.38. The quantitative estimate of drug-likeness (QED) is 0.616. The van der Waals surface area contributed by atoms with Gasteiger partial charge in [0, 0.05) is 5.69 Å². The number of amides is 1. The van der Waals surface area contributed by atoms with Gasteiger partial charge < -0.3 is 4.98 Å². The Bertz CT molecular complexity index is 1110. The van der Waals surface area contributed by atoms with Crippen LogP contribution in [-0.4, -0.2) is 25.3 Å². The molecule has 1 amide bonds. The van der Waals surface area contributed by atoms with E-state index in [2.05, 4.69) is 31.4 Å². The maximum atomic E-state index is 12.6. The van der Waals surface area contributed by atoms with Crippen LogP contribution in [0.15, 0.2) is 33.5 Å². The third kappa shape index (κ3) is 3.36. The third-order valence-electron chi connectivity index (χ3n) is 4.21. The highest BCUT2D eigenvalue weighted by Crippen LogP contribution is 2.20. The Kier molecular flexibility index (Phi) is 5.10. The fourth-order valence-electron chi connectivity index (χ4n) is 2.68. The van der Waals surface area contributed by atoms with E-state index < -0.39 is 5.92 Å². The van der Waals surface area contributed by atoms with E-state index in [0.717, 1.165) is 20.5 Å². The molecule has 0 aliphatic heterocycles. The maximum absolute atomic E-state index is 12.6. The molecule has 3 rings (SSSR count). The molecule has 0 fully saturated rings. The number of H-pyrrole nitrogens is 1. The summed E-state index contributed by atoms with van der Waals surface area (Å²) in [5.41, 5.74) is 4.69. The first-order chi connectivity index (χ1) is 12.3. The van der Waals surface area contributed by atoms with E-state index in [1.54, 1.807) is 29.8 Å². The van der Waals surface area contributed by atoms with E-state index in [1.807, 2.05) is 19.9 Å². The van der Waals surface area contributed by atoms with Crippen LogP contribution in [0.3, 0.4) is 0 Å². The van der Waals surface area contributed by atoms with Crippen LogP contribution < -0.4 is 11.0 Å². The molecule has 0 saturated carbocycles. The number of para-hydroxylation sites is 1. The molecule has 1 aromatic carbocycles. The summed E-state index contributed by atoms with van der Waals surface area (Å²) in [6.45, 7) is 5.99. The SMILES string of the molecule is Cc1nn(CC(C)C(=O)Nn2c(=S)[nH]c3ccccc3c2=O)c(C)c1Br. The van der Waals surface area contributed by atoms with E-state index >= 15 is 0 Å². The van der Waals surface area contributed by atoms with Crippen LogP contribution in [0.25, 0.3) is 10.9 Å². The van der Waals surface area contributed by atoms with Gasteiger partial charge in [0.1, 0.15) is 0 Å². The van der Waals surface area contributed by atoms with Gasteiger partial charge in [-0.05, 0) is 54.1 Å². The Labute approximate surface area is 163 Å². The number of benzene rings is 1. The molecule has 1 atom stereocenters. The normalized spacial score (nSPS) is 12.3. The number of halogens is 1. The first-order valence-corrected chi connectivity index (χ1v) is 9.24. The number of aryl methyl sites for hydroxylation is 1. The molecule has 0 spiro atoms. The fourth-order valence-corrected chi connectivity index (χ4v) is 3.20. The second-order valence-electron chi connectivity index (χ2n) is 6.16. The lowest BCUT2D eigenvalue weighted by molar-refractivity contribution is -0.120. The topological polar surface area (TPSA) is 84.7 Å². The number of hydrogen-bond acceptors (Lipinski definition) is 4. The van der Waals surface area contributed by atoms with Crippen molar-refractivity contribution in [1.29, 1.82) is 0 Å². The second-order valence-corrected chi connectivity index (χ2v) is 7.34. The van der Waals surface area contributed by atoms with Gasteiger partial charge in [-0.1, -0.05) is 19.1 Å². The van der Waals surface area contributed by atoms with Crippen LogP contribution in [0.2, 0.25) is 0 Å². The molecule has 2 aromatic heterocycles. The molecule has 3 aromatic rings. The fraction of sp³-hybridized carbons (Fsp3) is 0.294. The smallest absolute Gasteiger partial charge is 0.281 e. The average Bonchev–Trinajstić information content (AvgIpc) is 2.85. The zero-order chi connectivity index (χ0) is 19.0. The molecule has 136 valence electrons. The largest absolute Gasteiger partial charge is 0.330 e. The zero-order valence-electron chi connectivity index (χ0n) is 14.5. The van der Waals surface area contributed by atoms with E-state index in [9.17, 15) is 9.59 Å². The van der Waals surface area contributed by atoms with Gasteiger partial charge >= 0.3 is 0 Å². The van der Waals surface area contributed by atoms with Crippen molar-refractivity contribution in [3.63, 3.8) is 0 Å². The molecule has 26 heavy (non-hydrogen) atoms. The minimum atomic E-state index is -0.410. The van der Waals surface area contributed by atoms with Gasteiger partial charge in [0.15, 0.2) is 4.77 Å². The highest BCUT2D eigenvalue weighted by atomic mass is 79.9. The van der Waals surface area contributed by atoms with E-state index in [1.165, 1.54) is 0 Å². The van der Waals surface area contributed by atoms with Gasteiger partial charge in [-0.25, -0.2) is 0 Å². The standard InChI is InChI=1S/C17H18BrN5O2S/c1-9(8-22-11(3)14(18)10(2)20-22)15(24)21-23-16(25)12-6-4-5-7-13(12)19-17(23)26/h4-7,9H,8H2,1-3H3,(H,19,26)(H,21,24). The van der Waals surface area contributed by atoms with Crippen LogP contribution in [0, 0.1) is 24.5 Å². The number of carbonyl (C=O) groups is 1. The summed E-state index contributed by atoms with van der Waals surface area (Å²) in [6.07, 6.45) is 0. The zero-order valence-corrected chi connectivity index (χ0v) is 16.9. The lowest BCUT2D eigenvalue weighted by Gasteiger charge is -2.15. The predicted octanol–water partition coefficient (Wildman–Crippen LogP) is 3.04. The van der Waals surface area contributed by atoms with Crippen LogP contribution in [0.5, 0.6) is 0 Å². The monoisotopic (exact) mass is 435 g/mol. The Morgan fingerprint density at radius 1 is 1.38 bits per heavy atom. The summed E-state index contributed by atoms with van der Waals surface area (Å²) >= 11 is 8.69. The molecule has 7 nitrogen and oxygen atoms in total. The van der Waals surface area contributed by atoms with Crippen molar-refractivity contribution >= 4 is 45.0 Å². The van der Waals surface area contributed by atoms with Crippen molar-refractivity contribution in [2.24, 2.45) is 5.92 Å². The van der Waals surface area contributed by atoms with Crippen LogP contribution in [0.4, 0.5) is 0 Å². The molecule has 0 aliphatic rings. The molecular formula is C17H18BrN5O2S. The van der Waals surface area contributed by atoms with E-state index in [-0.39, 0.29) is 16.2 Å². The third-order valence-corrected chi connectivity index (χ3v) is 5.65. The minimum Gasteiger partial charge on any atom is -0.330 e. The summed E-state index contributed by atoms with van der Waals surface area (Å²) in [7, 11) is 0. The minimum absolute atomic E-state index is 0.142. The average molecular weight is 436 g/mol. The highest BCUT2D eigenvalue weighted by Gasteiger charge is 2.18. The molecule has 0 saturated heterocycles. The van der Waals surface area contributed by atoms with Crippen molar-refractivity contribution in [3.8, 4) is 0 Å². The van der Waals surface area contributed by atoms with Gasteiger partial charge in [0.25, 0.3) is 5.56 Å². The number of rotatable bonds is 4. The first kappa shape index (κ1) is 18.5. The molecule has 9 heteroatoms. The van der Waals surface area contributed by atoms with Gasteiger partial charge in [-0.15, -0.1) is 0 Å². The summed E-state index contributed by atoms with van der Waals surface area (Å²) in [5, 5.41) is 4.86. The molecule has 0 bridgehead atoms. The summed E-state index contributed by atoms with van der Waals surface area (Å²) < 4.78 is 3.92. The Hall–Kier alpha value is -2.26. The van der Waals surface area contributed by atoms with Gasteiger partial charge in [-0.2, -0.15) is 9.77 Å². The Morgan fingerprint density at radius 3 is 2.73 bits per heavy atom. The first-order valence-electron chi connectivity index (χ1n) is 8.04. The predicted molar refractivity (Wildman–Crippen MR) is 106 cm³/mol. The van der Waals surface area contributed by atoms with Crippen molar-refractivity contribution in [2.75, 3.05) is 5.43 Å². The number of fused-ring (bicyclic) bond motifs is 1. The van der Waals surface area contributed by atoms with E-state index in [4.69, 9.17) is 12.2 Å². The number of aromatic nitrogens is 4. The van der Waals surface area contributed by atoms with Crippen LogP contribution >= 0.6 is 28.1 Å². The van der Waals surface area contributed by atoms with Crippen molar-refractivity contribution in [1.82, 2.24) is 19.4 Å². The Balaban J connectivity index is 1.85. The summed E-state index contributed by atoms with van der Waals surface area (Å²) in [6, 6.07) is 7.02. The van der Waals surface area contributed by atoms with Gasteiger partial charge in [0.05, 0.1) is 33.5 Å². The number of nitrogens with one attached hydrogen (secondary N) is 2. The molecule has 0 radical (unpaired) electrons. The molecule has 0 aliphatic carbocycles. The second kappa shape index (κ2) is 7.16. The highest BCUT2D eigenvalue weighted by molar-refractivity contribution is 9.10. The number of carbonyl (C=O) groups excluding carboxylic acids is 1. The summed E-state index contributed by atoms with van der Waals surface area (Å²) in [5.74, 6) is -0.724. The molecule has 2 heterocycles. The molecule has 2 N–H and O–H groups in total. The van der Waals surface area contributed by atoms with Gasteiger partial charge in [0.2, 0.25) is 5.91 Å². The summed E-state index contributed by atoms with van der Waals surface area (Å²) in [4.78, 5) is 28.1.